The largest absolute Gasteiger partial charge is 0.358 e. The summed E-state index contributed by atoms with van der Waals surface area (Å²) in [5, 5.41) is 3.90. The number of H-pyrrole nitrogens is 1. The molecule has 2 aromatic rings. The van der Waals surface area contributed by atoms with Gasteiger partial charge in [-0.1, -0.05) is 18.2 Å². The lowest BCUT2D eigenvalue weighted by Gasteiger charge is -2.23. The molecular weight excluding hydrogens is 290 g/mol. The Labute approximate surface area is 136 Å². The number of nitrogens with zero attached hydrogens (tertiary/aromatic N) is 1. The predicted octanol–water partition coefficient (Wildman–Crippen LogP) is 2.26. The molecular formula is C18H23N3O2. The molecule has 1 aliphatic carbocycles. The first kappa shape index (κ1) is 15.7. The van der Waals surface area contributed by atoms with Crippen molar-refractivity contribution in [2.75, 3.05) is 13.6 Å². The minimum atomic E-state index is -0.349. The maximum atomic E-state index is 12.9. The number of likely N-dealkylation sites (N-methyl/N-ethyl adjacent to an activating group) is 1. The van der Waals surface area contributed by atoms with Crippen LogP contribution in [0.4, 0.5) is 0 Å². The Hall–Kier alpha value is -2.14. The summed E-state index contributed by atoms with van der Waals surface area (Å²) >= 11 is 0. The van der Waals surface area contributed by atoms with Crippen LogP contribution in [0.15, 0.2) is 24.3 Å². The van der Waals surface area contributed by atoms with Crippen LogP contribution in [0, 0.1) is 6.92 Å². The Morgan fingerprint density at radius 2 is 2.04 bits per heavy atom. The van der Waals surface area contributed by atoms with Crippen LogP contribution >= 0.6 is 0 Å². The van der Waals surface area contributed by atoms with Crippen molar-refractivity contribution in [3.63, 3.8) is 0 Å². The van der Waals surface area contributed by atoms with Crippen molar-refractivity contribution in [1.29, 1.82) is 0 Å². The van der Waals surface area contributed by atoms with Gasteiger partial charge >= 0.3 is 0 Å². The van der Waals surface area contributed by atoms with Gasteiger partial charge in [-0.3, -0.25) is 14.5 Å². The lowest BCUT2D eigenvalue weighted by atomic mass is 10.0. The van der Waals surface area contributed by atoms with Crippen LogP contribution in [-0.4, -0.2) is 47.3 Å². The summed E-state index contributed by atoms with van der Waals surface area (Å²) in [7, 11) is 1.82. The molecule has 5 heteroatoms. The van der Waals surface area contributed by atoms with E-state index in [2.05, 4.69) is 10.3 Å². The molecule has 0 spiro atoms. The fraction of sp³-hybridized carbons (Fsp3) is 0.444. The zero-order valence-electron chi connectivity index (χ0n) is 13.8. The van der Waals surface area contributed by atoms with E-state index in [-0.39, 0.29) is 24.3 Å². The number of fused-ring (bicyclic) bond motifs is 1. The standard InChI is InChI=1S/C18H23N3O2/c1-11-17(14-6-4-5-7-15(14)19-11)18(23)12(2)21(3)10-16(22)20-13-8-9-13/h4-7,12-13,19H,8-10H2,1-3H3,(H,20,22)/t12-/m0/s1. The van der Waals surface area contributed by atoms with E-state index in [1.165, 1.54) is 0 Å². The van der Waals surface area contributed by atoms with E-state index in [1.807, 2.05) is 45.2 Å². The zero-order valence-corrected chi connectivity index (χ0v) is 13.8. The topological polar surface area (TPSA) is 65.2 Å². The minimum absolute atomic E-state index is 0.00898. The summed E-state index contributed by atoms with van der Waals surface area (Å²) in [6, 6.07) is 7.80. The van der Waals surface area contributed by atoms with Crippen molar-refractivity contribution < 1.29 is 9.59 Å². The lowest BCUT2D eigenvalue weighted by molar-refractivity contribution is -0.122. The Balaban J connectivity index is 1.75. The SMILES string of the molecule is Cc1[nH]c2ccccc2c1C(=O)[C@H](C)N(C)CC(=O)NC1CC1. The molecule has 23 heavy (non-hydrogen) atoms. The van der Waals surface area contributed by atoms with Gasteiger partial charge in [-0.25, -0.2) is 0 Å². The van der Waals surface area contributed by atoms with Gasteiger partial charge in [0, 0.05) is 28.2 Å². The van der Waals surface area contributed by atoms with E-state index in [4.69, 9.17) is 0 Å². The van der Waals surface area contributed by atoms with Gasteiger partial charge in [0.25, 0.3) is 0 Å². The second-order valence-corrected chi connectivity index (χ2v) is 6.47. The monoisotopic (exact) mass is 313 g/mol. The van der Waals surface area contributed by atoms with Crippen molar-refractivity contribution in [2.24, 2.45) is 0 Å². The van der Waals surface area contributed by atoms with Crippen LogP contribution in [-0.2, 0) is 4.79 Å². The highest BCUT2D eigenvalue weighted by atomic mass is 16.2. The maximum Gasteiger partial charge on any atom is 0.234 e. The number of benzene rings is 1. The molecule has 0 saturated heterocycles. The van der Waals surface area contributed by atoms with Gasteiger partial charge in [-0.05, 0) is 39.8 Å². The van der Waals surface area contributed by atoms with E-state index < -0.39 is 0 Å². The molecule has 1 saturated carbocycles. The molecule has 5 nitrogen and oxygen atoms in total. The highest BCUT2D eigenvalue weighted by molar-refractivity contribution is 6.11. The number of nitrogens with one attached hydrogen (secondary N) is 2. The molecule has 1 aromatic carbocycles. The van der Waals surface area contributed by atoms with Crippen LogP contribution in [0.5, 0.6) is 0 Å². The number of para-hydroxylation sites is 1. The highest BCUT2D eigenvalue weighted by Crippen LogP contribution is 2.24. The van der Waals surface area contributed by atoms with Gasteiger partial charge in [0.15, 0.2) is 5.78 Å². The van der Waals surface area contributed by atoms with E-state index in [0.717, 1.165) is 35.0 Å². The third-order valence-corrected chi connectivity index (χ3v) is 4.52. The van der Waals surface area contributed by atoms with Crippen molar-refractivity contribution in [3.05, 3.63) is 35.5 Å². The Morgan fingerprint density at radius 3 is 2.74 bits per heavy atom. The summed E-state index contributed by atoms with van der Waals surface area (Å²) in [6.07, 6.45) is 2.14. The summed E-state index contributed by atoms with van der Waals surface area (Å²) in [6.45, 7) is 4.01. The number of aromatic amines is 1. The van der Waals surface area contributed by atoms with Crippen LogP contribution in [0.3, 0.4) is 0 Å². The first-order chi connectivity index (χ1) is 11.0. The third kappa shape index (κ3) is 3.29. The molecule has 2 N–H and O–H groups in total. The zero-order chi connectivity index (χ0) is 16.6. The fourth-order valence-electron chi connectivity index (χ4n) is 2.87. The number of aromatic nitrogens is 1. The van der Waals surface area contributed by atoms with Gasteiger partial charge in [0.1, 0.15) is 0 Å². The summed E-state index contributed by atoms with van der Waals surface area (Å²) < 4.78 is 0. The Morgan fingerprint density at radius 1 is 1.35 bits per heavy atom. The number of amides is 1. The smallest absolute Gasteiger partial charge is 0.234 e. The van der Waals surface area contributed by atoms with Crippen LogP contribution in [0.1, 0.15) is 35.8 Å². The van der Waals surface area contributed by atoms with Crippen LogP contribution < -0.4 is 5.32 Å². The van der Waals surface area contributed by atoms with Crippen molar-refractivity contribution >= 4 is 22.6 Å². The van der Waals surface area contributed by atoms with Crippen molar-refractivity contribution in [1.82, 2.24) is 15.2 Å². The van der Waals surface area contributed by atoms with Gasteiger partial charge < -0.3 is 10.3 Å². The molecule has 1 amide bonds. The first-order valence-corrected chi connectivity index (χ1v) is 8.08. The summed E-state index contributed by atoms with van der Waals surface area (Å²) in [4.78, 5) is 29.9. The van der Waals surface area contributed by atoms with Crippen LogP contribution in [0.2, 0.25) is 0 Å². The van der Waals surface area contributed by atoms with Gasteiger partial charge in [0.2, 0.25) is 5.91 Å². The van der Waals surface area contributed by atoms with Crippen molar-refractivity contribution in [3.8, 4) is 0 Å². The highest BCUT2D eigenvalue weighted by Gasteiger charge is 2.27. The third-order valence-electron chi connectivity index (χ3n) is 4.52. The summed E-state index contributed by atoms with van der Waals surface area (Å²) in [5.41, 5.74) is 2.57. The molecule has 122 valence electrons. The molecule has 1 aromatic heterocycles. The number of ketones is 1. The van der Waals surface area contributed by atoms with Gasteiger partial charge in [0.05, 0.1) is 12.6 Å². The molecule has 1 aliphatic rings. The molecule has 0 radical (unpaired) electrons. The number of rotatable bonds is 6. The van der Waals surface area contributed by atoms with Crippen molar-refractivity contribution in [2.45, 2.75) is 38.8 Å². The van der Waals surface area contributed by atoms with E-state index in [9.17, 15) is 9.59 Å². The molecule has 3 rings (SSSR count). The van der Waals surface area contributed by atoms with Gasteiger partial charge in [-0.2, -0.15) is 0 Å². The number of Topliss-reactive ketones (excluding diaryl/α,β-unsaturated/α-hetero) is 1. The second-order valence-electron chi connectivity index (χ2n) is 6.47. The lowest BCUT2D eigenvalue weighted by Crippen LogP contribution is -2.43. The molecule has 0 aliphatic heterocycles. The van der Waals surface area contributed by atoms with E-state index in [0.29, 0.717) is 6.04 Å². The number of hydrogen-bond donors (Lipinski definition) is 2. The quantitative estimate of drug-likeness (QED) is 0.804. The summed E-state index contributed by atoms with van der Waals surface area (Å²) in [5.74, 6) is 0.0342. The normalized spacial score (nSPS) is 15.8. The first-order valence-electron chi connectivity index (χ1n) is 8.08. The van der Waals surface area contributed by atoms with E-state index in [1.54, 1.807) is 4.90 Å². The fourth-order valence-corrected chi connectivity index (χ4v) is 2.87. The Kier molecular flexibility index (Phi) is 4.22. The molecule has 1 atom stereocenters. The number of carbonyl (C=O) groups excluding carboxylic acids is 2. The number of hydrogen-bond acceptors (Lipinski definition) is 3. The molecule has 1 heterocycles. The number of carbonyl (C=O) groups is 2. The van der Waals surface area contributed by atoms with Crippen LogP contribution in [0.25, 0.3) is 10.9 Å². The van der Waals surface area contributed by atoms with E-state index >= 15 is 0 Å². The maximum absolute atomic E-state index is 12.9. The minimum Gasteiger partial charge on any atom is -0.358 e. The predicted molar refractivity (Wildman–Crippen MR) is 90.6 cm³/mol. The Bertz CT molecular complexity index is 746. The molecule has 0 unspecified atom stereocenters. The molecule has 1 fully saturated rings. The second kappa shape index (κ2) is 6.16. The average molecular weight is 313 g/mol. The number of aryl methyl sites for hydroxylation is 1. The average Bonchev–Trinajstić information content (AvgIpc) is 3.25. The molecule has 0 bridgehead atoms. The van der Waals surface area contributed by atoms with Gasteiger partial charge in [-0.15, -0.1) is 0 Å².